The lowest BCUT2D eigenvalue weighted by Gasteiger charge is -2.42. The van der Waals surface area contributed by atoms with Crippen molar-refractivity contribution in [3.8, 4) is 0 Å². The third-order valence-corrected chi connectivity index (χ3v) is 2.97. The Morgan fingerprint density at radius 2 is 2.21 bits per heavy atom. The van der Waals surface area contributed by atoms with Crippen LogP contribution >= 0.6 is 0 Å². The fourth-order valence-electron chi connectivity index (χ4n) is 2.07. The van der Waals surface area contributed by atoms with Crippen LogP contribution in [-0.2, 0) is 9.53 Å². The van der Waals surface area contributed by atoms with Crippen molar-refractivity contribution < 1.29 is 24.9 Å². The minimum atomic E-state index is -1.30. The van der Waals surface area contributed by atoms with Gasteiger partial charge in [-0.05, 0) is 0 Å². The number of rotatable bonds is 3. The predicted molar refractivity (Wildman–Crippen MR) is 60.6 cm³/mol. The largest absolute Gasteiger partial charge is 0.394 e. The van der Waals surface area contributed by atoms with Crippen molar-refractivity contribution in [3.05, 3.63) is 12.4 Å². The Morgan fingerprint density at radius 1 is 1.47 bits per heavy atom. The van der Waals surface area contributed by atoms with E-state index in [2.05, 4.69) is 15.6 Å². The number of nitrogens with zero attached hydrogens (tertiary/aromatic N) is 3. The number of ether oxygens (including phenoxy) is 1. The molecule has 0 saturated carbocycles. The molecule has 2 rings (SSSR count). The molecular weight excluding hydrogens is 256 g/mol. The van der Waals surface area contributed by atoms with Crippen LogP contribution in [0.15, 0.2) is 12.4 Å². The second-order valence-corrected chi connectivity index (χ2v) is 4.34. The summed E-state index contributed by atoms with van der Waals surface area (Å²) in [4.78, 5) is 11.2. The van der Waals surface area contributed by atoms with Gasteiger partial charge in [0, 0.05) is 13.1 Å². The zero-order valence-corrected chi connectivity index (χ0v) is 10.2. The summed E-state index contributed by atoms with van der Waals surface area (Å²) < 4.78 is 6.77. The topological polar surface area (TPSA) is 130 Å². The van der Waals surface area contributed by atoms with Crippen LogP contribution in [-0.4, -0.2) is 67.2 Å². The number of hydrogen-bond acceptors (Lipinski definition) is 7. The molecule has 106 valence electrons. The Bertz CT molecular complexity index is 426. The number of amides is 1. The Hall–Kier alpha value is -1.55. The van der Waals surface area contributed by atoms with Crippen LogP contribution in [0.25, 0.3) is 0 Å². The molecular formula is C10H16N4O5. The Labute approximate surface area is 108 Å². The summed E-state index contributed by atoms with van der Waals surface area (Å²) in [5, 5.41) is 38.8. The summed E-state index contributed by atoms with van der Waals surface area (Å²) >= 11 is 0. The monoisotopic (exact) mass is 272 g/mol. The molecule has 19 heavy (non-hydrogen) atoms. The fraction of sp³-hybridized carbons (Fsp3) is 0.700. The van der Waals surface area contributed by atoms with E-state index in [9.17, 15) is 15.0 Å². The van der Waals surface area contributed by atoms with E-state index in [4.69, 9.17) is 9.84 Å². The summed E-state index contributed by atoms with van der Waals surface area (Å²) in [7, 11) is 0. The van der Waals surface area contributed by atoms with Crippen LogP contribution in [0.1, 0.15) is 13.2 Å². The van der Waals surface area contributed by atoms with Crippen molar-refractivity contribution >= 4 is 5.91 Å². The third-order valence-electron chi connectivity index (χ3n) is 2.97. The molecule has 1 aromatic heterocycles. The van der Waals surface area contributed by atoms with Crippen molar-refractivity contribution in [1.29, 1.82) is 0 Å². The highest BCUT2D eigenvalue weighted by atomic mass is 16.5. The average Bonchev–Trinajstić information content (AvgIpc) is 2.89. The average molecular weight is 272 g/mol. The molecule has 0 bridgehead atoms. The van der Waals surface area contributed by atoms with E-state index in [0.29, 0.717) is 0 Å². The SMILES string of the molecule is CC(=O)N[C@@H]1[C@@H](O)[C@H](O)[C@@H](CO)O[C@H]1n1ccnn1. The standard InChI is InChI=1S/C10H16N4O5/c1-5(16)12-7-9(18)8(17)6(4-15)19-10(7)14-3-2-11-13-14/h2-3,6-10,15,17-18H,4H2,1H3,(H,12,16)/t6-,7-,8-,9-,10-/m1/s1. The van der Waals surface area contributed by atoms with E-state index in [1.807, 2.05) is 0 Å². The van der Waals surface area contributed by atoms with Gasteiger partial charge in [-0.1, -0.05) is 5.21 Å². The number of aliphatic hydroxyl groups excluding tert-OH is 3. The highest BCUT2D eigenvalue weighted by molar-refractivity contribution is 5.73. The van der Waals surface area contributed by atoms with Crippen molar-refractivity contribution in [3.63, 3.8) is 0 Å². The molecule has 1 aromatic rings. The van der Waals surface area contributed by atoms with Crippen LogP contribution in [0.5, 0.6) is 0 Å². The predicted octanol–water partition coefficient (Wildman–Crippen LogP) is -2.61. The van der Waals surface area contributed by atoms with Gasteiger partial charge in [-0.15, -0.1) is 5.10 Å². The van der Waals surface area contributed by atoms with Gasteiger partial charge in [0.15, 0.2) is 6.23 Å². The Kier molecular flexibility index (Phi) is 4.10. The summed E-state index contributed by atoms with van der Waals surface area (Å²) in [6.45, 7) is 0.825. The number of aromatic nitrogens is 3. The van der Waals surface area contributed by atoms with Gasteiger partial charge in [0.05, 0.1) is 12.8 Å². The molecule has 4 N–H and O–H groups in total. The lowest BCUT2D eigenvalue weighted by molar-refractivity contribution is -0.219. The van der Waals surface area contributed by atoms with Crippen molar-refractivity contribution in [2.45, 2.75) is 37.5 Å². The Balaban J connectivity index is 2.27. The highest BCUT2D eigenvalue weighted by Gasteiger charge is 2.45. The number of aliphatic hydroxyl groups is 3. The molecule has 1 aliphatic rings. The van der Waals surface area contributed by atoms with Gasteiger partial charge in [0.2, 0.25) is 5.91 Å². The number of carbonyl (C=O) groups excluding carboxylic acids is 1. The van der Waals surface area contributed by atoms with E-state index >= 15 is 0 Å². The van der Waals surface area contributed by atoms with E-state index < -0.39 is 37.2 Å². The summed E-state index contributed by atoms with van der Waals surface area (Å²) in [6, 6.07) is -0.892. The summed E-state index contributed by atoms with van der Waals surface area (Å²) in [6.07, 6.45) is -1.50. The van der Waals surface area contributed by atoms with E-state index in [-0.39, 0.29) is 5.91 Å². The van der Waals surface area contributed by atoms with Gasteiger partial charge in [-0.3, -0.25) is 4.79 Å². The van der Waals surface area contributed by atoms with E-state index in [1.54, 1.807) is 0 Å². The second-order valence-electron chi connectivity index (χ2n) is 4.34. The molecule has 0 unspecified atom stereocenters. The van der Waals surface area contributed by atoms with Crippen LogP contribution < -0.4 is 5.32 Å². The molecule has 0 radical (unpaired) electrons. The Morgan fingerprint density at radius 3 is 2.74 bits per heavy atom. The maximum absolute atomic E-state index is 11.2. The smallest absolute Gasteiger partial charge is 0.217 e. The molecule has 9 heteroatoms. The molecule has 1 amide bonds. The summed E-state index contributed by atoms with van der Waals surface area (Å²) in [5.41, 5.74) is 0. The number of hydrogen-bond donors (Lipinski definition) is 4. The van der Waals surface area contributed by atoms with E-state index in [0.717, 1.165) is 0 Å². The molecule has 9 nitrogen and oxygen atoms in total. The van der Waals surface area contributed by atoms with Crippen LogP contribution in [0.2, 0.25) is 0 Å². The second kappa shape index (κ2) is 5.61. The molecule has 2 heterocycles. The first kappa shape index (κ1) is 13.9. The molecule has 0 aliphatic carbocycles. The molecule has 0 spiro atoms. The number of nitrogens with one attached hydrogen (secondary N) is 1. The lowest BCUT2D eigenvalue weighted by atomic mass is 9.96. The van der Waals surface area contributed by atoms with Gasteiger partial charge >= 0.3 is 0 Å². The van der Waals surface area contributed by atoms with Crippen molar-refractivity contribution in [2.75, 3.05) is 6.61 Å². The zero-order valence-electron chi connectivity index (χ0n) is 10.2. The normalized spacial score (nSPS) is 35.1. The molecule has 1 fully saturated rings. The molecule has 1 aliphatic heterocycles. The van der Waals surface area contributed by atoms with Gasteiger partial charge in [0.25, 0.3) is 0 Å². The van der Waals surface area contributed by atoms with Gasteiger partial charge in [0.1, 0.15) is 24.4 Å². The third kappa shape index (κ3) is 2.73. The maximum atomic E-state index is 11.2. The van der Waals surface area contributed by atoms with E-state index in [1.165, 1.54) is 24.0 Å². The minimum absolute atomic E-state index is 0.382. The van der Waals surface area contributed by atoms with Crippen LogP contribution in [0.3, 0.4) is 0 Å². The van der Waals surface area contributed by atoms with Crippen LogP contribution in [0.4, 0.5) is 0 Å². The first-order valence-electron chi connectivity index (χ1n) is 5.80. The fourth-order valence-corrected chi connectivity index (χ4v) is 2.07. The lowest BCUT2D eigenvalue weighted by Crippen LogP contribution is -2.62. The first-order valence-corrected chi connectivity index (χ1v) is 5.80. The highest BCUT2D eigenvalue weighted by Crippen LogP contribution is 2.27. The number of carbonyl (C=O) groups is 1. The zero-order chi connectivity index (χ0) is 14.0. The van der Waals surface area contributed by atoms with Gasteiger partial charge < -0.3 is 25.4 Å². The van der Waals surface area contributed by atoms with Crippen molar-refractivity contribution in [1.82, 2.24) is 20.3 Å². The quantitative estimate of drug-likeness (QED) is 0.474. The maximum Gasteiger partial charge on any atom is 0.217 e. The molecule has 5 atom stereocenters. The van der Waals surface area contributed by atoms with Gasteiger partial charge in [-0.2, -0.15) is 0 Å². The minimum Gasteiger partial charge on any atom is -0.394 e. The summed E-state index contributed by atoms with van der Waals surface area (Å²) in [5.74, 6) is -0.382. The molecule has 0 aromatic carbocycles. The van der Waals surface area contributed by atoms with Crippen LogP contribution in [0, 0.1) is 0 Å². The van der Waals surface area contributed by atoms with Crippen molar-refractivity contribution in [2.24, 2.45) is 0 Å². The first-order chi connectivity index (χ1) is 9.04. The van der Waals surface area contributed by atoms with Gasteiger partial charge in [-0.25, -0.2) is 4.68 Å². The molecule has 1 saturated heterocycles.